The van der Waals surface area contributed by atoms with Crippen LogP contribution in [0.25, 0.3) is 0 Å². The van der Waals surface area contributed by atoms with E-state index in [1.807, 2.05) is 41.8 Å². The number of anilines is 1. The van der Waals surface area contributed by atoms with E-state index in [0.29, 0.717) is 6.54 Å². The van der Waals surface area contributed by atoms with Crippen molar-refractivity contribution in [1.29, 1.82) is 0 Å². The Hall–Kier alpha value is -2.31. The van der Waals surface area contributed by atoms with Gasteiger partial charge in [0.1, 0.15) is 11.6 Å². The molecule has 0 unspecified atom stereocenters. The third-order valence-corrected chi connectivity index (χ3v) is 5.61. The van der Waals surface area contributed by atoms with E-state index in [4.69, 9.17) is 4.74 Å². The predicted octanol–water partition coefficient (Wildman–Crippen LogP) is 5.22. The molecule has 3 rings (SSSR count). The molecule has 2 aromatic carbocycles. The maximum absolute atomic E-state index is 13.0. The smallest absolute Gasteiger partial charge is 0.237 e. The molecule has 0 saturated heterocycles. The van der Waals surface area contributed by atoms with Gasteiger partial charge in [0.15, 0.2) is 0 Å². The van der Waals surface area contributed by atoms with E-state index in [2.05, 4.69) is 0 Å². The number of benzene rings is 2. The van der Waals surface area contributed by atoms with Gasteiger partial charge >= 0.3 is 0 Å². The van der Waals surface area contributed by atoms with Crippen LogP contribution >= 0.6 is 23.1 Å². The van der Waals surface area contributed by atoms with Gasteiger partial charge < -0.3 is 9.64 Å². The standard InChI is InChI=1S/C20H18FNO2S2/c1-24-17-8-6-16(7-9-17)22(13-19-3-2-12-25-19)20(23)14-26-18-10-4-15(21)5-11-18/h2-12H,13-14H2,1H3. The summed E-state index contributed by atoms with van der Waals surface area (Å²) in [5, 5.41) is 2.00. The Morgan fingerprint density at radius 2 is 1.85 bits per heavy atom. The molecular formula is C20H18FNO2S2. The minimum Gasteiger partial charge on any atom is -0.497 e. The van der Waals surface area contributed by atoms with Crippen LogP contribution in [0.4, 0.5) is 10.1 Å². The summed E-state index contributed by atoms with van der Waals surface area (Å²) in [5.41, 5.74) is 0.823. The molecular weight excluding hydrogens is 369 g/mol. The van der Waals surface area contributed by atoms with Crippen LogP contribution in [0.1, 0.15) is 4.88 Å². The van der Waals surface area contributed by atoms with Crippen molar-refractivity contribution in [3.8, 4) is 5.75 Å². The largest absolute Gasteiger partial charge is 0.497 e. The minimum atomic E-state index is -0.279. The molecule has 0 radical (unpaired) electrons. The van der Waals surface area contributed by atoms with Gasteiger partial charge in [0, 0.05) is 15.5 Å². The van der Waals surface area contributed by atoms with Gasteiger partial charge in [0.25, 0.3) is 0 Å². The number of hydrogen-bond donors (Lipinski definition) is 0. The maximum atomic E-state index is 13.0. The second-order valence-electron chi connectivity index (χ2n) is 5.50. The molecule has 0 saturated carbocycles. The number of hydrogen-bond acceptors (Lipinski definition) is 4. The number of nitrogens with zero attached hydrogens (tertiary/aromatic N) is 1. The molecule has 26 heavy (non-hydrogen) atoms. The minimum absolute atomic E-state index is 0.00195. The Morgan fingerprint density at radius 3 is 2.46 bits per heavy atom. The number of amides is 1. The van der Waals surface area contributed by atoms with Gasteiger partial charge in [-0.2, -0.15) is 0 Å². The topological polar surface area (TPSA) is 29.5 Å². The highest BCUT2D eigenvalue weighted by Gasteiger charge is 2.17. The number of thioether (sulfide) groups is 1. The molecule has 0 aliphatic heterocycles. The highest BCUT2D eigenvalue weighted by atomic mass is 32.2. The Kier molecular flexibility index (Phi) is 6.30. The van der Waals surface area contributed by atoms with Crippen LogP contribution in [0.3, 0.4) is 0 Å². The Balaban J connectivity index is 1.74. The first-order valence-corrected chi connectivity index (χ1v) is 9.87. The van der Waals surface area contributed by atoms with E-state index in [-0.39, 0.29) is 17.5 Å². The van der Waals surface area contributed by atoms with E-state index in [1.165, 1.54) is 23.9 Å². The normalized spacial score (nSPS) is 10.5. The zero-order valence-corrected chi connectivity index (χ0v) is 15.9. The van der Waals surface area contributed by atoms with Crippen LogP contribution < -0.4 is 9.64 Å². The Morgan fingerprint density at radius 1 is 1.12 bits per heavy atom. The van der Waals surface area contributed by atoms with E-state index in [0.717, 1.165) is 21.2 Å². The number of rotatable bonds is 7. The summed E-state index contributed by atoms with van der Waals surface area (Å²) in [6.45, 7) is 0.521. The lowest BCUT2D eigenvalue weighted by Gasteiger charge is -2.22. The second kappa shape index (κ2) is 8.87. The average molecular weight is 388 g/mol. The van der Waals surface area contributed by atoms with Gasteiger partial charge in [-0.15, -0.1) is 23.1 Å². The summed E-state index contributed by atoms with van der Waals surface area (Å²) in [6.07, 6.45) is 0. The number of halogens is 1. The molecule has 0 bridgehead atoms. The van der Waals surface area contributed by atoms with Gasteiger partial charge in [0.05, 0.1) is 19.4 Å². The lowest BCUT2D eigenvalue weighted by molar-refractivity contribution is -0.116. The first kappa shape index (κ1) is 18.5. The molecule has 134 valence electrons. The van der Waals surface area contributed by atoms with E-state index >= 15 is 0 Å². The van der Waals surface area contributed by atoms with Crippen LogP contribution in [-0.2, 0) is 11.3 Å². The first-order valence-electron chi connectivity index (χ1n) is 8.01. The fourth-order valence-corrected chi connectivity index (χ4v) is 3.87. The molecule has 0 atom stereocenters. The third kappa shape index (κ3) is 4.86. The van der Waals surface area contributed by atoms with E-state index in [9.17, 15) is 9.18 Å². The number of methoxy groups -OCH3 is 1. The van der Waals surface area contributed by atoms with Crippen molar-refractivity contribution in [2.75, 3.05) is 17.8 Å². The molecule has 3 nitrogen and oxygen atoms in total. The monoisotopic (exact) mass is 387 g/mol. The van der Waals surface area contributed by atoms with Gasteiger partial charge in [-0.1, -0.05) is 6.07 Å². The van der Waals surface area contributed by atoms with Crippen LogP contribution in [0.5, 0.6) is 5.75 Å². The lowest BCUT2D eigenvalue weighted by Crippen LogP contribution is -2.31. The Bertz CT molecular complexity index is 833. The summed E-state index contributed by atoms with van der Waals surface area (Å²) in [6, 6.07) is 17.6. The highest BCUT2D eigenvalue weighted by molar-refractivity contribution is 8.00. The van der Waals surface area contributed by atoms with Crippen molar-refractivity contribution in [2.24, 2.45) is 0 Å². The lowest BCUT2D eigenvalue weighted by atomic mass is 10.2. The molecule has 0 spiro atoms. The van der Waals surface area contributed by atoms with Gasteiger partial charge in [-0.3, -0.25) is 4.79 Å². The molecule has 6 heteroatoms. The predicted molar refractivity (Wildman–Crippen MR) is 106 cm³/mol. The maximum Gasteiger partial charge on any atom is 0.237 e. The zero-order valence-electron chi connectivity index (χ0n) is 14.2. The Labute approximate surface area is 160 Å². The van der Waals surface area contributed by atoms with E-state index < -0.39 is 0 Å². The molecule has 3 aromatic rings. The summed E-state index contributed by atoms with van der Waals surface area (Å²) < 4.78 is 18.2. The number of carbonyl (C=O) groups is 1. The zero-order chi connectivity index (χ0) is 18.4. The third-order valence-electron chi connectivity index (χ3n) is 3.76. The van der Waals surface area contributed by atoms with Crippen molar-refractivity contribution >= 4 is 34.7 Å². The van der Waals surface area contributed by atoms with Crippen molar-refractivity contribution in [1.82, 2.24) is 0 Å². The molecule has 1 aromatic heterocycles. The molecule has 0 aliphatic carbocycles. The highest BCUT2D eigenvalue weighted by Crippen LogP contribution is 2.25. The second-order valence-corrected chi connectivity index (χ2v) is 7.58. The van der Waals surface area contributed by atoms with E-state index in [1.54, 1.807) is 35.5 Å². The first-order chi connectivity index (χ1) is 12.7. The summed E-state index contributed by atoms with van der Waals surface area (Å²) in [7, 11) is 1.61. The molecule has 0 aliphatic rings. The fraction of sp³-hybridized carbons (Fsp3) is 0.150. The summed E-state index contributed by atoms with van der Waals surface area (Å²) in [4.78, 5) is 16.6. The van der Waals surface area contributed by atoms with Crippen molar-refractivity contribution in [3.05, 3.63) is 76.7 Å². The van der Waals surface area contributed by atoms with Crippen LogP contribution in [0.15, 0.2) is 70.9 Å². The van der Waals surface area contributed by atoms with Gasteiger partial charge in [0.2, 0.25) is 5.91 Å². The van der Waals surface area contributed by atoms with Crippen LogP contribution in [0.2, 0.25) is 0 Å². The number of thiophene rings is 1. The summed E-state index contributed by atoms with van der Waals surface area (Å²) in [5.74, 6) is 0.748. The van der Waals surface area contributed by atoms with Crippen molar-refractivity contribution in [3.63, 3.8) is 0 Å². The molecule has 0 N–H and O–H groups in total. The number of ether oxygens (including phenoxy) is 1. The van der Waals surface area contributed by atoms with Crippen LogP contribution in [0, 0.1) is 5.82 Å². The molecule has 1 heterocycles. The SMILES string of the molecule is COc1ccc(N(Cc2cccs2)C(=O)CSc2ccc(F)cc2)cc1. The molecule has 0 fully saturated rings. The quantitative estimate of drug-likeness (QED) is 0.521. The fourth-order valence-electron chi connectivity index (χ4n) is 2.40. The van der Waals surface area contributed by atoms with Gasteiger partial charge in [-0.05, 0) is 60.0 Å². The summed E-state index contributed by atoms with van der Waals surface area (Å²) >= 11 is 3.02. The van der Waals surface area contributed by atoms with Gasteiger partial charge in [-0.25, -0.2) is 4.39 Å². The van der Waals surface area contributed by atoms with Crippen LogP contribution in [-0.4, -0.2) is 18.8 Å². The molecule has 1 amide bonds. The van der Waals surface area contributed by atoms with Crippen molar-refractivity contribution in [2.45, 2.75) is 11.4 Å². The average Bonchev–Trinajstić information content (AvgIpc) is 3.19. The van der Waals surface area contributed by atoms with Crippen molar-refractivity contribution < 1.29 is 13.9 Å². The number of carbonyl (C=O) groups excluding carboxylic acids is 1.